The molecule has 2 aromatic carbocycles. The van der Waals surface area contributed by atoms with E-state index < -0.39 is 0 Å². The van der Waals surface area contributed by atoms with Crippen molar-refractivity contribution < 1.29 is 9.15 Å². The second-order valence-corrected chi connectivity index (χ2v) is 8.09. The molecule has 1 saturated heterocycles. The van der Waals surface area contributed by atoms with Gasteiger partial charge in [0.15, 0.2) is 5.76 Å². The molecule has 0 N–H and O–H groups in total. The molecule has 0 aliphatic carbocycles. The monoisotopic (exact) mass is 401 g/mol. The molecule has 0 radical (unpaired) electrons. The molecule has 0 amide bonds. The summed E-state index contributed by atoms with van der Waals surface area (Å²) < 4.78 is 13.7. The van der Waals surface area contributed by atoms with Crippen LogP contribution < -0.4 is 0 Å². The van der Waals surface area contributed by atoms with Gasteiger partial charge in [0.1, 0.15) is 11.3 Å². The fraction of sp³-hybridized carbons (Fsp3) is 0.320. The van der Waals surface area contributed by atoms with Crippen LogP contribution in [0.4, 0.5) is 0 Å². The molecule has 0 spiro atoms. The number of hydrogen-bond acceptors (Lipinski definition) is 4. The number of rotatable bonds is 6. The zero-order valence-electron chi connectivity index (χ0n) is 17.3. The van der Waals surface area contributed by atoms with Gasteiger partial charge in [0.05, 0.1) is 6.54 Å². The van der Waals surface area contributed by atoms with Crippen LogP contribution in [0.2, 0.25) is 0 Å². The van der Waals surface area contributed by atoms with Crippen LogP contribution in [0.5, 0.6) is 0 Å². The standard InChI is InChI=1S/C25H27N3O2/c1-27(22-11-13-29-14-12-22)17-21-18-28(16-19-7-3-2-4-8-19)26-25(21)24-15-20-9-5-6-10-23(20)30-24/h2-10,15,18,22H,11-14,16-17H2,1H3. The third kappa shape index (κ3) is 4.04. The summed E-state index contributed by atoms with van der Waals surface area (Å²) in [7, 11) is 2.20. The van der Waals surface area contributed by atoms with Crippen LogP contribution in [-0.4, -0.2) is 41.0 Å². The van der Waals surface area contributed by atoms with Crippen molar-refractivity contribution in [3.05, 3.63) is 78.0 Å². The van der Waals surface area contributed by atoms with Crippen molar-refractivity contribution in [2.24, 2.45) is 0 Å². The predicted octanol–water partition coefficient (Wildman–Crippen LogP) is 4.96. The number of furan rings is 1. The van der Waals surface area contributed by atoms with Gasteiger partial charge in [0.2, 0.25) is 0 Å². The van der Waals surface area contributed by atoms with E-state index in [0.717, 1.165) is 61.6 Å². The summed E-state index contributed by atoms with van der Waals surface area (Å²) in [6.07, 6.45) is 4.33. The lowest BCUT2D eigenvalue weighted by Crippen LogP contribution is -2.36. The van der Waals surface area contributed by atoms with E-state index in [9.17, 15) is 0 Å². The van der Waals surface area contributed by atoms with E-state index in [-0.39, 0.29) is 0 Å². The van der Waals surface area contributed by atoms with Gasteiger partial charge < -0.3 is 9.15 Å². The molecule has 2 aromatic heterocycles. The summed E-state index contributed by atoms with van der Waals surface area (Å²) in [6.45, 7) is 3.28. The highest BCUT2D eigenvalue weighted by atomic mass is 16.5. The Balaban J connectivity index is 1.48. The Morgan fingerprint density at radius 1 is 1.03 bits per heavy atom. The number of hydrogen-bond donors (Lipinski definition) is 0. The summed E-state index contributed by atoms with van der Waals surface area (Å²) >= 11 is 0. The zero-order chi connectivity index (χ0) is 20.3. The summed E-state index contributed by atoms with van der Waals surface area (Å²) in [5.74, 6) is 0.832. The Labute approximate surface area is 176 Å². The summed E-state index contributed by atoms with van der Waals surface area (Å²) in [6, 6.07) is 21.2. The molecule has 5 rings (SSSR count). The number of aromatic nitrogens is 2. The molecule has 3 heterocycles. The van der Waals surface area contributed by atoms with Crippen molar-refractivity contribution in [2.45, 2.75) is 32.0 Å². The fourth-order valence-corrected chi connectivity index (χ4v) is 4.26. The van der Waals surface area contributed by atoms with Crippen LogP contribution in [0.25, 0.3) is 22.4 Å². The summed E-state index contributed by atoms with van der Waals surface area (Å²) in [5, 5.41) is 6.05. The van der Waals surface area contributed by atoms with E-state index in [1.54, 1.807) is 0 Å². The lowest BCUT2D eigenvalue weighted by atomic mass is 10.1. The van der Waals surface area contributed by atoms with Crippen LogP contribution in [-0.2, 0) is 17.8 Å². The van der Waals surface area contributed by atoms with Crippen molar-refractivity contribution >= 4 is 11.0 Å². The second-order valence-electron chi connectivity index (χ2n) is 8.09. The van der Waals surface area contributed by atoms with Crippen LogP contribution >= 0.6 is 0 Å². The van der Waals surface area contributed by atoms with Gasteiger partial charge in [-0.2, -0.15) is 5.10 Å². The quantitative estimate of drug-likeness (QED) is 0.458. The van der Waals surface area contributed by atoms with Gasteiger partial charge in [-0.25, -0.2) is 0 Å². The van der Waals surface area contributed by atoms with Crippen molar-refractivity contribution in [1.82, 2.24) is 14.7 Å². The van der Waals surface area contributed by atoms with Gasteiger partial charge in [-0.3, -0.25) is 9.58 Å². The van der Waals surface area contributed by atoms with E-state index in [2.05, 4.69) is 54.5 Å². The molecule has 5 nitrogen and oxygen atoms in total. The van der Waals surface area contributed by atoms with Gasteiger partial charge in [-0.1, -0.05) is 48.5 Å². The minimum atomic E-state index is 0.541. The largest absolute Gasteiger partial charge is 0.454 e. The molecule has 5 heteroatoms. The van der Waals surface area contributed by atoms with E-state index >= 15 is 0 Å². The Kier molecular flexibility index (Phi) is 5.39. The van der Waals surface area contributed by atoms with Crippen LogP contribution in [0.1, 0.15) is 24.0 Å². The normalized spacial score (nSPS) is 15.3. The van der Waals surface area contributed by atoms with Gasteiger partial charge in [-0.15, -0.1) is 0 Å². The maximum absolute atomic E-state index is 6.17. The third-order valence-corrected chi connectivity index (χ3v) is 5.92. The first-order chi connectivity index (χ1) is 14.8. The Hall–Kier alpha value is -2.89. The van der Waals surface area contributed by atoms with Crippen LogP contribution in [0, 0.1) is 0 Å². The SMILES string of the molecule is CN(Cc1cn(Cc2ccccc2)nc1-c1cc2ccccc2o1)C1CCOCC1. The minimum Gasteiger partial charge on any atom is -0.454 e. The molecule has 1 aliphatic rings. The first kappa shape index (κ1) is 19.1. The highest BCUT2D eigenvalue weighted by molar-refractivity contribution is 5.82. The number of fused-ring (bicyclic) bond motifs is 1. The Morgan fingerprint density at radius 3 is 2.60 bits per heavy atom. The molecule has 4 aromatic rings. The maximum Gasteiger partial charge on any atom is 0.156 e. The van der Waals surface area contributed by atoms with Crippen molar-refractivity contribution in [3.63, 3.8) is 0 Å². The van der Waals surface area contributed by atoms with E-state index in [1.807, 2.05) is 28.9 Å². The lowest BCUT2D eigenvalue weighted by molar-refractivity contribution is 0.0407. The van der Waals surface area contributed by atoms with Gasteiger partial charge in [0.25, 0.3) is 0 Å². The zero-order valence-corrected chi connectivity index (χ0v) is 17.3. The minimum absolute atomic E-state index is 0.541. The lowest BCUT2D eigenvalue weighted by Gasteiger charge is -2.31. The number of ether oxygens (including phenoxy) is 1. The predicted molar refractivity (Wildman–Crippen MR) is 118 cm³/mol. The first-order valence-corrected chi connectivity index (χ1v) is 10.6. The first-order valence-electron chi connectivity index (χ1n) is 10.6. The number of nitrogens with zero attached hydrogens (tertiary/aromatic N) is 3. The average molecular weight is 402 g/mol. The molecule has 1 fully saturated rings. The van der Waals surface area contributed by atoms with Crippen LogP contribution in [0.15, 0.2) is 71.3 Å². The highest BCUT2D eigenvalue weighted by Gasteiger charge is 2.22. The van der Waals surface area contributed by atoms with Gasteiger partial charge in [0, 0.05) is 42.9 Å². The fourth-order valence-electron chi connectivity index (χ4n) is 4.26. The van der Waals surface area contributed by atoms with Crippen molar-refractivity contribution in [2.75, 3.05) is 20.3 Å². The molecule has 1 aliphatic heterocycles. The van der Waals surface area contributed by atoms with Crippen molar-refractivity contribution in [1.29, 1.82) is 0 Å². The van der Waals surface area contributed by atoms with Gasteiger partial charge >= 0.3 is 0 Å². The smallest absolute Gasteiger partial charge is 0.156 e. The molecular formula is C25H27N3O2. The van der Waals surface area contributed by atoms with Crippen LogP contribution in [0.3, 0.4) is 0 Å². The molecule has 0 saturated carbocycles. The number of para-hydroxylation sites is 1. The van der Waals surface area contributed by atoms with Crippen molar-refractivity contribution in [3.8, 4) is 11.5 Å². The van der Waals surface area contributed by atoms with E-state index in [0.29, 0.717) is 6.04 Å². The summed E-state index contributed by atoms with van der Waals surface area (Å²) in [4.78, 5) is 2.43. The number of benzene rings is 2. The van der Waals surface area contributed by atoms with Gasteiger partial charge in [-0.05, 0) is 37.6 Å². The maximum atomic E-state index is 6.17. The summed E-state index contributed by atoms with van der Waals surface area (Å²) in [5.41, 5.74) is 4.26. The molecule has 30 heavy (non-hydrogen) atoms. The topological polar surface area (TPSA) is 43.4 Å². The molecule has 154 valence electrons. The molecule has 0 atom stereocenters. The second kappa shape index (κ2) is 8.46. The average Bonchev–Trinajstić information content (AvgIpc) is 3.38. The highest BCUT2D eigenvalue weighted by Crippen LogP contribution is 2.30. The molecule has 0 bridgehead atoms. The van der Waals surface area contributed by atoms with E-state index in [4.69, 9.17) is 14.3 Å². The Bertz CT molecular complexity index is 1080. The Morgan fingerprint density at radius 2 is 1.80 bits per heavy atom. The molecular weight excluding hydrogens is 374 g/mol. The van der Waals surface area contributed by atoms with E-state index in [1.165, 1.54) is 11.1 Å². The third-order valence-electron chi connectivity index (χ3n) is 5.92. The molecule has 0 unspecified atom stereocenters.